The van der Waals surface area contributed by atoms with Crippen molar-refractivity contribution in [1.29, 1.82) is 0 Å². The van der Waals surface area contributed by atoms with Gasteiger partial charge < -0.3 is 24.8 Å². The number of nitrogens with one attached hydrogen (secondary N) is 1. The lowest BCUT2D eigenvalue weighted by Crippen LogP contribution is -2.64. The third kappa shape index (κ3) is 5.52. The molecular weight excluding hydrogens is 503 g/mol. The van der Waals surface area contributed by atoms with E-state index in [-0.39, 0.29) is 35.1 Å². The zero-order chi connectivity index (χ0) is 26.9. The van der Waals surface area contributed by atoms with Crippen molar-refractivity contribution in [3.63, 3.8) is 0 Å². The SMILES string of the molecule is CC(C)OCCNC(=O)C1CCCN(C2=NC3C(C(=O)N(C)C(=O)N3C)N2Cc2c(F)cccc2Cl)C1. The van der Waals surface area contributed by atoms with Crippen LogP contribution in [0.1, 0.15) is 32.3 Å². The Hall–Kier alpha value is -2.92. The number of nitrogens with zero attached hydrogens (tertiary/aromatic N) is 5. The van der Waals surface area contributed by atoms with Crippen LogP contribution in [0.25, 0.3) is 0 Å². The fourth-order valence-corrected chi connectivity index (χ4v) is 5.24. The Morgan fingerprint density at radius 3 is 2.76 bits per heavy atom. The number of imide groups is 1. The van der Waals surface area contributed by atoms with Crippen LogP contribution < -0.4 is 5.32 Å². The molecule has 4 amide bonds. The van der Waals surface area contributed by atoms with Crippen molar-refractivity contribution >= 4 is 35.4 Å². The number of guanidine groups is 1. The molecule has 12 heteroatoms. The lowest BCUT2D eigenvalue weighted by Gasteiger charge is -2.41. The van der Waals surface area contributed by atoms with Gasteiger partial charge in [0, 0.05) is 44.3 Å². The Kier molecular flexibility index (Phi) is 8.23. The average Bonchev–Trinajstić information content (AvgIpc) is 3.25. The summed E-state index contributed by atoms with van der Waals surface area (Å²) in [6.45, 7) is 5.73. The molecule has 3 heterocycles. The van der Waals surface area contributed by atoms with Crippen LogP contribution in [0, 0.1) is 11.7 Å². The molecule has 202 valence electrons. The molecule has 3 atom stereocenters. The second kappa shape index (κ2) is 11.2. The number of rotatable bonds is 7. The number of hydrogen-bond acceptors (Lipinski definition) is 7. The van der Waals surface area contributed by atoms with Crippen molar-refractivity contribution in [3.8, 4) is 0 Å². The quantitative estimate of drug-likeness (QED) is 0.536. The number of ether oxygens (including phenoxy) is 1. The summed E-state index contributed by atoms with van der Waals surface area (Å²) in [5.74, 6) is -0.806. The van der Waals surface area contributed by atoms with Gasteiger partial charge in [0.1, 0.15) is 5.82 Å². The summed E-state index contributed by atoms with van der Waals surface area (Å²) in [6, 6.07) is 3.15. The molecule has 2 saturated heterocycles. The van der Waals surface area contributed by atoms with Gasteiger partial charge in [-0.05, 0) is 38.8 Å². The van der Waals surface area contributed by atoms with E-state index in [0.717, 1.165) is 11.3 Å². The van der Waals surface area contributed by atoms with E-state index in [2.05, 4.69) is 5.32 Å². The van der Waals surface area contributed by atoms with Gasteiger partial charge in [-0.25, -0.2) is 14.2 Å². The lowest BCUT2D eigenvalue weighted by molar-refractivity contribution is -0.136. The number of amides is 4. The molecule has 1 N–H and O–H groups in total. The van der Waals surface area contributed by atoms with Gasteiger partial charge in [0.15, 0.2) is 18.2 Å². The summed E-state index contributed by atoms with van der Waals surface area (Å²) in [5, 5.41) is 3.17. The number of likely N-dealkylation sites (N-methyl/N-ethyl adjacent to an activating group) is 2. The Morgan fingerprint density at radius 1 is 1.30 bits per heavy atom. The summed E-state index contributed by atoms with van der Waals surface area (Å²) < 4.78 is 20.3. The summed E-state index contributed by atoms with van der Waals surface area (Å²) in [7, 11) is 3.02. The minimum Gasteiger partial charge on any atom is -0.377 e. The van der Waals surface area contributed by atoms with E-state index in [1.54, 1.807) is 18.0 Å². The molecule has 37 heavy (non-hydrogen) atoms. The third-order valence-electron chi connectivity index (χ3n) is 7.01. The van der Waals surface area contributed by atoms with Crippen molar-refractivity contribution in [2.75, 3.05) is 40.3 Å². The highest BCUT2D eigenvalue weighted by Crippen LogP contribution is 2.33. The van der Waals surface area contributed by atoms with Crippen molar-refractivity contribution in [2.45, 2.75) is 51.5 Å². The zero-order valence-corrected chi connectivity index (χ0v) is 22.4. The number of piperidine rings is 1. The van der Waals surface area contributed by atoms with Crippen LogP contribution >= 0.6 is 11.6 Å². The van der Waals surface area contributed by atoms with Gasteiger partial charge >= 0.3 is 6.03 Å². The molecule has 0 saturated carbocycles. The Morgan fingerprint density at radius 2 is 2.05 bits per heavy atom. The van der Waals surface area contributed by atoms with Crippen LogP contribution in [-0.2, 0) is 20.9 Å². The van der Waals surface area contributed by atoms with E-state index in [1.165, 1.54) is 24.1 Å². The van der Waals surface area contributed by atoms with E-state index < -0.39 is 30.0 Å². The van der Waals surface area contributed by atoms with Gasteiger partial charge in [-0.2, -0.15) is 0 Å². The number of likely N-dealkylation sites (tertiary alicyclic amines) is 1. The van der Waals surface area contributed by atoms with Crippen molar-refractivity contribution in [3.05, 3.63) is 34.6 Å². The van der Waals surface area contributed by atoms with Crippen molar-refractivity contribution in [1.82, 2.24) is 24.9 Å². The van der Waals surface area contributed by atoms with Crippen LogP contribution in [-0.4, -0.2) is 102 Å². The smallest absolute Gasteiger partial charge is 0.328 e. The Labute approximate surface area is 221 Å². The van der Waals surface area contributed by atoms with Crippen LogP contribution in [0.2, 0.25) is 5.02 Å². The maximum Gasteiger partial charge on any atom is 0.328 e. The molecule has 1 aromatic carbocycles. The molecule has 0 aromatic heterocycles. The summed E-state index contributed by atoms with van der Waals surface area (Å²) >= 11 is 6.33. The van der Waals surface area contributed by atoms with Gasteiger partial charge in [-0.3, -0.25) is 14.5 Å². The Balaban J connectivity index is 1.58. The van der Waals surface area contributed by atoms with E-state index in [9.17, 15) is 18.8 Å². The molecular formula is C25H34ClFN6O4. The first-order chi connectivity index (χ1) is 17.6. The topological polar surface area (TPSA) is 97.8 Å². The summed E-state index contributed by atoms with van der Waals surface area (Å²) in [5.41, 5.74) is 0.240. The zero-order valence-electron chi connectivity index (χ0n) is 21.6. The molecule has 4 rings (SSSR count). The molecule has 1 aromatic rings. The first kappa shape index (κ1) is 27.1. The average molecular weight is 537 g/mol. The fourth-order valence-electron chi connectivity index (χ4n) is 5.02. The minimum atomic E-state index is -0.833. The number of hydrogen-bond donors (Lipinski definition) is 1. The van der Waals surface area contributed by atoms with Crippen LogP contribution in [0.15, 0.2) is 23.2 Å². The maximum atomic E-state index is 14.8. The van der Waals surface area contributed by atoms with Crippen molar-refractivity contribution in [2.24, 2.45) is 10.9 Å². The molecule has 0 bridgehead atoms. The highest BCUT2D eigenvalue weighted by Gasteiger charge is 2.52. The van der Waals surface area contributed by atoms with E-state index in [4.69, 9.17) is 21.3 Å². The molecule has 10 nitrogen and oxygen atoms in total. The second-order valence-corrected chi connectivity index (χ2v) is 10.3. The van der Waals surface area contributed by atoms with Gasteiger partial charge in [0.05, 0.1) is 25.2 Å². The molecule has 2 fully saturated rings. The first-order valence-corrected chi connectivity index (χ1v) is 12.9. The normalized spacial score (nSPS) is 24.1. The third-order valence-corrected chi connectivity index (χ3v) is 7.36. The number of carbonyl (C=O) groups excluding carboxylic acids is 3. The number of fused-ring (bicyclic) bond motifs is 1. The second-order valence-electron chi connectivity index (χ2n) is 9.90. The first-order valence-electron chi connectivity index (χ1n) is 12.6. The lowest BCUT2D eigenvalue weighted by atomic mass is 9.97. The van der Waals surface area contributed by atoms with E-state index >= 15 is 0 Å². The number of benzene rings is 1. The molecule has 0 aliphatic carbocycles. The van der Waals surface area contributed by atoms with Gasteiger partial charge in [-0.15, -0.1) is 0 Å². The molecule has 0 spiro atoms. The van der Waals surface area contributed by atoms with E-state index in [0.29, 0.717) is 38.6 Å². The van der Waals surface area contributed by atoms with Crippen LogP contribution in [0.4, 0.5) is 9.18 Å². The number of carbonyl (C=O) groups is 3. The number of aliphatic imine (C=N–C) groups is 1. The highest BCUT2D eigenvalue weighted by molar-refractivity contribution is 6.31. The number of halogens is 2. The van der Waals surface area contributed by atoms with Gasteiger partial charge in [0.2, 0.25) is 5.91 Å². The predicted octanol–water partition coefficient (Wildman–Crippen LogP) is 2.12. The van der Waals surface area contributed by atoms with E-state index in [1.807, 2.05) is 18.7 Å². The van der Waals surface area contributed by atoms with Gasteiger partial charge in [-0.1, -0.05) is 17.7 Å². The maximum absolute atomic E-state index is 14.8. The standard InChI is InChI=1S/C25H34ClFN6O4/c1-15(2)37-12-10-28-22(34)16-7-6-11-32(13-16)24-29-21-20(23(35)31(4)25(36)30(21)3)33(24)14-17-18(26)8-5-9-19(17)27/h5,8-9,15-16,20-21H,6-7,10-14H2,1-4H3,(H,28,34). The monoisotopic (exact) mass is 536 g/mol. The predicted molar refractivity (Wildman–Crippen MR) is 136 cm³/mol. The fraction of sp³-hybridized carbons (Fsp3) is 0.600. The minimum absolute atomic E-state index is 0.00692. The Bertz CT molecular complexity index is 1070. The van der Waals surface area contributed by atoms with Crippen molar-refractivity contribution < 1.29 is 23.5 Å². The molecule has 3 aliphatic rings. The molecule has 3 unspecified atom stereocenters. The van der Waals surface area contributed by atoms with Gasteiger partial charge in [0.25, 0.3) is 5.91 Å². The molecule has 0 radical (unpaired) electrons. The summed E-state index contributed by atoms with van der Waals surface area (Å²) in [4.78, 5) is 49.7. The molecule has 3 aliphatic heterocycles. The summed E-state index contributed by atoms with van der Waals surface area (Å²) in [6.07, 6.45) is 0.782. The number of urea groups is 1. The largest absolute Gasteiger partial charge is 0.377 e. The van der Waals surface area contributed by atoms with Crippen LogP contribution in [0.5, 0.6) is 0 Å². The highest BCUT2D eigenvalue weighted by atomic mass is 35.5. The van der Waals surface area contributed by atoms with Crippen LogP contribution in [0.3, 0.4) is 0 Å².